The van der Waals surface area contributed by atoms with Crippen LogP contribution in [0.25, 0.3) is 0 Å². The van der Waals surface area contributed by atoms with Crippen molar-refractivity contribution in [1.29, 1.82) is 0 Å². The minimum atomic E-state index is -3.60. The summed E-state index contributed by atoms with van der Waals surface area (Å²) in [5.74, 6) is 0. The lowest BCUT2D eigenvalue weighted by atomic mass is 10.4. The maximum atomic E-state index is 12.0. The Kier molecular flexibility index (Phi) is 5.69. The van der Waals surface area contributed by atoms with Gasteiger partial charge in [-0.3, -0.25) is 0 Å². The molecule has 0 spiro atoms. The summed E-state index contributed by atoms with van der Waals surface area (Å²) in [4.78, 5) is 0.162. The van der Waals surface area contributed by atoms with Crippen molar-refractivity contribution in [2.24, 2.45) is 0 Å². The van der Waals surface area contributed by atoms with Crippen LogP contribution in [0.4, 0.5) is 0 Å². The third kappa shape index (κ3) is 4.86. The number of sulfonamides is 2. The maximum Gasteiger partial charge on any atom is 0.240 e. The lowest BCUT2D eigenvalue weighted by Crippen LogP contribution is -2.41. The van der Waals surface area contributed by atoms with Gasteiger partial charge in [0, 0.05) is 19.1 Å². The first kappa shape index (κ1) is 17.1. The summed E-state index contributed by atoms with van der Waals surface area (Å²) in [6, 6.07) is 7.74. The zero-order chi connectivity index (χ0) is 15.4. The quantitative estimate of drug-likeness (QED) is 0.799. The van der Waals surface area contributed by atoms with Crippen molar-refractivity contribution in [3.8, 4) is 0 Å². The van der Waals surface area contributed by atoms with Crippen molar-refractivity contribution in [3.63, 3.8) is 0 Å². The molecule has 20 heavy (non-hydrogen) atoms. The molecule has 0 radical (unpaired) electrons. The van der Waals surface area contributed by atoms with E-state index in [0.29, 0.717) is 0 Å². The molecule has 0 saturated heterocycles. The normalized spacial score (nSPS) is 13.1. The first-order valence-corrected chi connectivity index (χ1v) is 9.49. The molecule has 0 saturated carbocycles. The average molecular weight is 320 g/mol. The fraction of sp³-hybridized carbons (Fsp3) is 0.500. The minimum absolute atomic E-state index is 0.0302. The zero-order valence-electron chi connectivity index (χ0n) is 11.8. The van der Waals surface area contributed by atoms with Crippen molar-refractivity contribution in [3.05, 3.63) is 30.3 Å². The maximum absolute atomic E-state index is 12.0. The van der Waals surface area contributed by atoms with E-state index in [1.165, 1.54) is 16.4 Å². The summed E-state index contributed by atoms with van der Waals surface area (Å²) in [7, 11) is -6.95. The van der Waals surface area contributed by atoms with Crippen LogP contribution in [0.2, 0.25) is 0 Å². The van der Waals surface area contributed by atoms with Gasteiger partial charge in [-0.15, -0.1) is 0 Å². The van der Waals surface area contributed by atoms with Crippen LogP contribution in [-0.4, -0.2) is 46.5 Å². The fourth-order valence-electron chi connectivity index (χ4n) is 1.78. The molecule has 0 atom stereocenters. The van der Waals surface area contributed by atoms with E-state index < -0.39 is 20.0 Å². The highest BCUT2D eigenvalue weighted by Gasteiger charge is 2.21. The van der Waals surface area contributed by atoms with Gasteiger partial charge in [-0.05, 0) is 26.0 Å². The van der Waals surface area contributed by atoms with Crippen molar-refractivity contribution >= 4 is 20.0 Å². The van der Waals surface area contributed by atoms with Crippen molar-refractivity contribution in [1.82, 2.24) is 9.03 Å². The molecule has 0 amide bonds. The Morgan fingerprint density at radius 2 is 1.65 bits per heavy atom. The van der Waals surface area contributed by atoms with Crippen molar-refractivity contribution in [2.45, 2.75) is 24.8 Å². The largest absolute Gasteiger partial charge is 0.240 e. The van der Waals surface area contributed by atoms with Crippen LogP contribution >= 0.6 is 0 Å². The highest BCUT2D eigenvalue weighted by atomic mass is 32.2. The number of hydrogen-bond acceptors (Lipinski definition) is 4. The second-order valence-corrected chi connectivity index (χ2v) is 8.38. The van der Waals surface area contributed by atoms with E-state index in [1.807, 2.05) is 0 Å². The van der Waals surface area contributed by atoms with Gasteiger partial charge in [0.05, 0.1) is 11.2 Å². The van der Waals surface area contributed by atoms with Gasteiger partial charge in [0.15, 0.2) is 0 Å². The summed E-state index contributed by atoms with van der Waals surface area (Å²) in [5.41, 5.74) is 0. The average Bonchev–Trinajstić information content (AvgIpc) is 2.33. The van der Waals surface area contributed by atoms with E-state index >= 15 is 0 Å². The second-order valence-electron chi connectivity index (χ2n) is 4.68. The number of nitrogens with zero attached hydrogens (tertiary/aromatic N) is 1. The topological polar surface area (TPSA) is 83.6 Å². The molecule has 1 aromatic rings. The molecule has 6 nitrogen and oxygen atoms in total. The number of hydrogen-bond donors (Lipinski definition) is 1. The Balaban J connectivity index is 2.69. The van der Waals surface area contributed by atoms with E-state index in [0.717, 1.165) is 6.26 Å². The molecule has 0 aliphatic heterocycles. The monoisotopic (exact) mass is 320 g/mol. The highest BCUT2D eigenvalue weighted by Crippen LogP contribution is 2.08. The van der Waals surface area contributed by atoms with Gasteiger partial charge in [-0.1, -0.05) is 18.2 Å². The van der Waals surface area contributed by atoms with Gasteiger partial charge in [0.2, 0.25) is 20.0 Å². The second kappa shape index (κ2) is 6.66. The molecule has 0 aliphatic rings. The molecule has 0 unspecified atom stereocenters. The van der Waals surface area contributed by atoms with Crippen LogP contribution in [0.3, 0.4) is 0 Å². The van der Waals surface area contributed by atoms with Gasteiger partial charge in [0.1, 0.15) is 0 Å². The molecule has 0 aliphatic carbocycles. The van der Waals surface area contributed by atoms with Crippen LogP contribution in [0.15, 0.2) is 35.2 Å². The Hall–Kier alpha value is -0.960. The van der Waals surface area contributed by atoms with Crippen LogP contribution in [0.1, 0.15) is 13.8 Å². The molecule has 1 rings (SSSR count). The molecule has 0 heterocycles. The third-order valence-corrected chi connectivity index (χ3v) is 5.61. The molecule has 1 aromatic carbocycles. The van der Waals surface area contributed by atoms with Crippen LogP contribution in [0, 0.1) is 0 Å². The summed E-state index contributed by atoms with van der Waals surface area (Å²) in [6.07, 6.45) is 1.11. The first-order chi connectivity index (χ1) is 9.14. The molecular weight excluding hydrogens is 300 g/mol. The number of rotatable bonds is 7. The van der Waals surface area contributed by atoms with Crippen LogP contribution in [0.5, 0.6) is 0 Å². The predicted molar refractivity (Wildman–Crippen MR) is 78.3 cm³/mol. The van der Waals surface area contributed by atoms with Crippen LogP contribution in [-0.2, 0) is 20.0 Å². The molecule has 1 N–H and O–H groups in total. The number of benzene rings is 1. The van der Waals surface area contributed by atoms with Gasteiger partial charge in [-0.25, -0.2) is 21.6 Å². The molecule has 8 heteroatoms. The van der Waals surface area contributed by atoms with E-state index in [1.54, 1.807) is 32.0 Å². The molecule has 0 fully saturated rings. The Labute approximate surface area is 120 Å². The summed E-state index contributed by atoms with van der Waals surface area (Å²) < 4.78 is 50.7. The summed E-state index contributed by atoms with van der Waals surface area (Å²) in [5, 5.41) is 0. The lowest BCUT2D eigenvalue weighted by molar-refractivity contribution is 0.360. The predicted octanol–water partition coefficient (Wildman–Crippen LogP) is 0.635. The molecule has 0 aromatic heterocycles. The summed E-state index contributed by atoms with van der Waals surface area (Å²) in [6.45, 7) is 3.62. The van der Waals surface area contributed by atoms with Gasteiger partial charge in [-0.2, -0.15) is 4.31 Å². The van der Waals surface area contributed by atoms with Gasteiger partial charge >= 0.3 is 0 Å². The Morgan fingerprint density at radius 3 is 2.10 bits per heavy atom. The number of nitrogens with one attached hydrogen (secondary N) is 1. The van der Waals surface area contributed by atoms with Crippen molar-refractivity contribution < 1.29 is 16.8 Å². The first-order valence-electron chi connectivity index (χ1n) is 6.16. The van der Waals surface area contributed by atoms with E-state index in [9.17, 15) is 16.8 Å². The molecule has 114 valence electrons. The highest BCUT2D eigenvalue weighted by molar-refractivity contribution is 7.89. The molecular formula is C12H20N2O4S2. The Morgan fingerprint density at radius 1 is 1.10 bits per heavy atom. The fourth-order valence-corrected chi connectivity index (χ4v) is 4.01. The van der Waals surface area contributed by atoms with Crippen LogP contribution < -0.4 is 4.72 Å². The van der Waals surface area contributed by atoms with Gasteiger partial charge < -0.3 is 0 Å². The van der Waals surface area contributed by atoms with E-state index in [-0.39, 0.29) is 24.0 Å². The van der Waals surface area contributed by atoms with E-state index in [2.05, 4.69) is 4.72 Å². The van der Waals surface area contributed by atoms with Gasteiger partial charge in [0.25, 0.3) is 0 Å². The van der Waals surface area contributed by atoms with E-state index in [4.69, 9.17) is 0 Å². The zero-order valence-corrected chi connectivity index (χ0v) is 13.4. The third-order valence-electron chi connectivity index (χ3n) is 2.68. The smallest absolute Gasteiger partial charge is 0.212 e. The Bertz CT molecular complexity index is 625. The standard InChI is InChI=1S/C12H20N2O4S2/c1-11(2)14(19(3,15)16)10-9-13-20(17,18)12-7-5-4-6-8-12/h4-8,11,13H,9-10H2,1-3H3. The van der Waals surface area contributed by atoms with Crippen molar-refractivity contribution in [2.75, 3.05) is 19.3 Å². The lowest BCUT2D eigenvalue weighted by Gasteiger charge is -2.23. The SMILES string of the molecule is CC(C)N(CCNS(=O)(=O)c1ccccc1)S(C)(=O)=O. The molecule has 0 bridgehead atoms. The minimum Gasteiger partial charge on any atom is -0.212 e. The summed E-state index contributed by atoms with van der Waals surface area (Å²) >= 11 is 0.